The molecule has 216 valence electrons. The molecule has 3 aromatic carbocycles. The lowest BCUT2D eigenvalue weighted by atomic mass is 9.71. The zero-order valence-corrected chi connectivity index (χ0v) is 25.8. The number of Topliss-reactive ketones (excluding diaryl/α,β-unsaturated/α-hetero) is 2. The average molecular weight is 678 g/mol. The molecule has 0 bridgehead atoms. The number of allylic oxidation sites excluding steroid dienone is 4. The number of rotatable bonds is 8. The molecule has 0 radical (unpaired) electrons. The summed E-state index contributed by atoms with van der Waals surface area (Å²) in [6, 6.07) is 20.5. The monoisotopic (exact) mass is 677 g/mol. The van der Waals surface area contributed by atoms with Crippen LogP contribution in [0.5, 0.6) is 11.5 Å². The molecular formula is C35H33FINO4. The minimum Gasteiger partial charge on any atom is -0.490 e. The van der Waals surface area contributed by atoms with Crippen molar-refractivity contribution in [3.05, 3.63) is 115 Å². The first-order chi connectivity index (χ1) is 20.4. The molecule has 1 aliphatic heterocycles. The third-order valence-corrected chi connectivity index (χ3v) is 9.01. The second kappa shape index (κ2) is 12.4. The van der Waals surface area contributed by atoms with Gasteiger partial charge in [0.1, 0.15) is 12.4 Å². The van der Waals surface area contributed by atoms with Crippen molar-refractivity contribution in [1.29, 1.82) is 0 Å². The Bertz CT molecular complexity index is 1550. The van der Waals surface area contributed by atoms with Crippen LogP contribution in [0.4, 0.5) is 4.39 Å². The topological polar surface area (TPSA) is 55.8 Å². The summed E-state index contributed by atoms with van der Waals surface area (Å²) in [5, 5.41) is 0. The highest BCUT2D eigenvalue weighted by Crippen LogP contribution is 2.51. The largest absolute Gasteiger partial charge is 0.490 e. The number of carbonyl (C=O) groups is 2. The van der Waals surface area contributed by atoms with Gasteiger partial charge in [0.25, 0.3) is 0 Å². The van der Waals surface area contributed by atoms with Gasteiger partial charge in [-0.3, -0.25) is 9.59 Å². The van der Waals surface area contributed by atoms with E-state index >= 15 is 0 Å². The van der Waals surface area contributed by atoms with Gasteiger partial charge in [-0.2, -0.15) is 0 Å². The lowest BCUT2D eigenvalue weighted by Gasteiger charge is -2.44. The van der Waals surface area contributed by atoms with E-state index in [-0.39, 0.29) is 24.0 Å². The van der Waals surface area contributed by atoms with Gasteiger partial charge in [-0.1, -0.05) is 42.5 Å². The predicted octanol–water partition coefficient (Wildman–Crippen LogP) is 8.02. The molecule has 3 aliphatic rings. The van der Waals surface area contributed by atoms with E-state index in [9.17, 15) is 14.0 Å². The van der Waals surface area contributed by atoms with Crippen molar-refractivity contribution in [2.24, 2.45) is 0 Å². The van der Waals surface area contributed by atoms with Crippen molar-refractivity contribution >= 4 is 34.2 Å². The Morgan fingerprint density at radius 2 is 1.50 bits per heavy atom. The van der Waals surface area contributed by atoms with Crippen molar-refractivity contribution in [3.8, 4) is 11.5 Å². The zero-order valence-electron chi connectivity index (χ0n) is 23.6. The van der Waals surface area contributed by atoms with Crippen LogP contribution in [-0.2, 0) is 22.7 Å². The number of ketones is 2. The summed E-state index contributed by atoms with van der Waals surface area (Å²) >= 11 is 2.23. The molecule has 7 heteroatoms. The second-order valence-electron chi connectivity index (χ2n) is 11.0. The molecule has 0 saturated heterocycles. The van der Waals surface area contributed by atoms with Crippen LogP contribution in [0.3, 0.4) is 0 Å². The van der Waals surface area contributed by atoms with Crippen LogP contribution < -0.4 is 9.47 Å². The normalized spacial score (nSPS) is 17.4. The average Bonchev–Trinajstić information content (AvgIpc) is 2.98. The smallest absolute Gasteiger partial charge is 0.174 e. The van der Waals surface area contributed by atoms with E-state index in [1.54, 1.807) is 6.07 Å². The Balaban J connectivity index is 1.45. The van der Waals surface area contributed by atoms with Crippen LogP contribution in [0.2, 0.25) is 0 Å². The van der Waals surface area contributed by atoms with Crippen molar-refractivity contribution in [2.45, 2.75) is 64.5 Å². The van der Waals surface area contributed by atoms with E-state index in [0.717, 1.165) is 62.9 Å². The Hall–Kier alpha value is -3.46. The second-order valence-corrected chi connectivity index (χ2v) is 12.1. The highest BCUT2D eigenvalue weighted by molar-refractivity contribution is 14.1. The highest BCUT2D eigenvalue weighted by Gasteiger charge is 2.43. The Morgan fingerprint density at radius 3 is 2.14 bits per heavy atom. The van der Waals surface area contributed by atoms with Crippen molar-refractivity contribution in [3.63, 3.8) is 0 Å². The molecule has 6 rings (SSSR count). The summed E-state index contributed by atoms with van der Waals surface area (Å²) in [4.78, 5) is 29.7. The van der Waals surface area contributed by atoms with Gasteiger partial charge in [0.05, 0.1) is 10.2 Å². The molecule has 0 N–H and O–H groups in total. The molecule has 1 heterocycles. The maximum absolute atomic E-state index is 13.8. The number of carbonyl (C=O) groups excluding carboxylic acids is 2. The molecule has 42 heavy (non-hydrogen) atoms. The summed E-state index contributed by atoms with van der Waals surface area (Å²) in [6.45, 7) is 3.16. The Kier molecular flexibility index (Phi) is 8.47. The Labute approximate surface area is 259 Å². The van der Waals surface area contributed by atoms with E-state index in [4.69, 9.17) is 9.47 Å². The molecule has 0 spiro atoms. The molecule has 0 unspecified atom stereocenters. The van der Waals surface area contributed by atoms with Gasteiger partial charge in [-0.15, -0.1) is 0 Å². The van der Waals surface area contributed by atoms with Crippen LogP contribution in [0.25, 0.3) is 0 Å². The maximum Gasteiger partial charge on any atom is 0.174 e. The summed E-state index contributed by atoms with van der Waals surface area (Å²) in [5.74, 6) is 0.603. The van der Waals surface area contributed by atoms with E-state index in [1.807, 2.05) is 43.3 Å². The van der Waals surface area contributed by atoms with Gasteiger partial charge in [-0.25, -0.2) is 4.39 Å². The van der Waals surface area contributed by atoms with E-state index in [2.05, 4.69) is 39.6 Å². The van der Waals surface area contributed by atoms with E-state index in [1.165, 1.54) is 12.1 Å². The first-order valence-electron chi connectivity index (χ1n) is 14.6. The van der Waals surface area contributed by atoms with Crippen molar-refractivity contribution < 1.29 is 23.5 Å². The molecule has 0 amide bonds. The lowest BCUT2D eigenvalue weighted by Crippen LogP contribution is -2.38. The molecule has 3 aromatic rings. The molecule has 0 atom stereocenters. The van der Waals surface area contributed by atoms with Crippen LogP contribution in [-0.4, -0.2) is 23.1 Å². The molecule has 0 aromatic heterocycles. The predicted molar refractivity (Wildman–Crippen MR) is 168 cm³/mol. The standard InChI is InChI=1S/C35H33FINO4/c1-2-41-31-19-24(18-26(37)35(31)42-21-23-11-6-12-25(36)17-23)32-33-27(13-7-15-29(33)39)38(20-22-9-4-3-5-10-22)28-14-8-16-30(40)34(28)32/h3-6,9-12,17-19,32H,2,7-8,13-16,20-21H2,1H3. The SMILES string of the molecule is CCOc1cc(C2C3=C(CCCC3=O)N(Cc3ccccc3)C3=C2C(=O)CCC3)cc(I)c1OCc1cccc(F)c1. The van der Waals surface area contributed by atoms with Gasteiger partial charge < -0.3 is 14.4 Å². The highest BCUT2D eigenvalue weighted by atomic mass is 127. The zero-order chi connectivity index (χ0) is 29.2. The van der Waals surface area contributed by atoms with Crippen LogP contribution in [0.15, 0.2) is 89.3 Å². The first-order valence-corrected chi connectivity index (χ1v) is 15.7. The van der Waals surface area contributed by atoms with E-state index in [0.29, 0.717) is 43.1 Å². The summed E-state index contributed by atoms with van der Waals surface area (Å²) in [7, 11) is 0. The first kappa shape index (κ1) is 28.6. The minimum atomic E-state index is -0.437. The lowest BCUT2D eigenvalue weighted by molar-refractivity contribution is -0.117. The fourth-order valence-corrected chi connectivity index (χ4v) is 7.23. The maximum atomic E-state index is 13.8. The van der Waals surface area contributed by atoms with Gasteiger partial charge in [0, 0.05) is 47.8 Å². The fraction of sp³-hybridized carbons (Fsp3) is 0.314. The number of hydrogen-bond donors (Lipinski definition) is 0. The quantitative estimate of drug-likeness (QED) is 0.226. The van der Waals surface area contributed by atoms with Crippen LogP contribution >= 0.6 is 22.6 Å². The number of hydrogen-bond acceptors (Lipinski definition) is 5. The number of benzene rings is 3. The molecule has 5 nitrogen and oxygen atoms in total. The minimum absolute atomic E-state index is 0.114. The number of nitrogens with zero attached hydrogens (tertiary/aromatic N) is 1. The van der Waals surface area contributed by atoms with Gasteiger partial charge in [0.2, 0.25) is 0 Å². The van der Waals surface area contributed by atoms with Gasteiger partial charge >= 0.3 is 0 Å². The summed E-state index contributed by atoms with van der Waals surface area (Å²) < 4.78 is 26.8. The molecule has 0 saturated carbocycles. The number of ether oxygens (including phenoxy) is 2. The third kappa shape index (κ3) is 5.63. The fourth-order valence-electron chi connectivity index (χ4n) is 6.45. The van der Waals surface area contributed by atoms with Crippen LogP contribution in [0.1, 0.15) is 68.1 Å². The summed E-state index contributed by atoms with van der Waals surface area (Å²) in [5.41, 5.74) is 6.33. The van der Waals surface area contributed by atoms with Crippen molar-refractivity contribution in [2.75, 3.05) is 6.61 Å². The number of halogens is 2. The van der Waals surface area contributed by atoms with Crippen LogP contribution in [0, 0.1) is 9.39 Å². The summed E-state index contributed by atoms with van der Waals surface area (Å²) in [6.07, 6.45) is 4.19. The molecular weight excluding hydrogens is 644 g/mol. The third-order valence-electron chi connectivity index (χ3n) is 8.21. The van der Waals surface area contributed by atoms with Crippen molar-refractivity contribution in [1.82, 2.24) is 4.90 Å². The Morgan fingerprint density at radius 1 is 0.833 bits per heavy atom. The van der Waals surface area contributed by atoms with E-state index < -0.39 is 5.92 Å². The van der Waals surface area contributed by atoms with Gasteiger partial charge in [-0.05, 0) is 96.2 Å². The molecule has 2 aliphatic carbocycles. The van der Waals surface area contributed by atoms with Gasteiger partial charge in [0.15, 0.2) is 23.1 Å². The molecule has 0 fully saturated rings.